The average Bonchev–Trinajstić information content (AvgIpc) is 3.46. The van der Waals surface area contributed by atoms with Crippen LogP contribution in [0.5, 0.6) is 0 Å². The summed E-state index contributed by atoms with van der Waals surface area (Å²) in [6.45, 7) is 6.82. The normalized spacial score (nSPS) is 19.5. The standard InChI is InChI=1S/C37H37FN4O7/c1-5-37(49-34(44)31(39)18(2)3)24-13-28-32-22(15-42(28)33(43)23(24)17-47-35(37)45)30-26(41-36(46)48-16-20-9-7-6-8-10-20)12-11-21-19(4)25(38)14-27(40-32)29(21)30/h6-10,13-14,18,26,31H,5,11-12,15-17,39H2,1-4H3,(H,41,46)/t26-,31-,37-/m0/s1. The lowest BCUT2D eigenvalue weighted by molar-refractivity contribution is -0.190. The van der Waals surface area contributed by atoms with Gasteiger partial charge in [-0.1, -0.05) is 51.1 Å². The minimum absolute atomic E-state index is 0.00747. The van der Waals surface area contributed by atoms with Gasteiger partial charge in [-0.05, 0) is 60.4 Å². The van der Waals surface area contributed by atoms with Crippen LogP contribution in [-0.2, 0) is 55.6 Å². The number of hydrogen-bond donors (Lipinski definition) is 2. The number of amides is 1. The number of hydrogen-bond acceptors (Lipinski definition) is 9. The second-order valence-corrected chi connectivity index (χ2v) is 13.3. The van der Waals surface area contributed by atoms with Crippen LogP contribution in [0.4, 0.5) is 9.18 Å². The van der Waals surface area contributed by atoms with Gasteiger partial charge in [-0.2, -0.15) is 0 Å². The number of nitrogens with two attached hydrogens (primary N) is 1. The van der Waals surface area contributed by atoms with Crippen LogP contribution in [0.25, 0.3) is 22.3 Å². The van der Waals surface area contributed by atoms with Crippen LogP contribution < -0.4 is 16.6 Å². The number of fused-ring (bicyclic) bond motifs is 5. The van der Waals surface area contributed by atoms with Crippen LogP contribution in [0, 0.1) is 18.7 Å². The van der Waals surface area contributed by atoms with E-state index in [2.05, 4.69) is 5.32 Å². The van der Waals surface area contributed by atoms with Crippen molar-refractivity contribution in [3.05, 3.63) is 97.6 Å². The van der Waals surface area contributed by atoms with E-state index in [9.17, 15) is 19.2 Å². The summed E-state index contributed by atoms with van der Waals surface area (Å²) in [5.41, 5.74) is 8.92. The van der Waals surface area contributed by atoms with Gasteiger partial charge in [-0.25, -0.2) is 19.0 Å². The Labute approximate surface area is 281 Å². The number of nitrogens with one attached hydrogen (secondary N) is 1. The summed E-state index contributed by atoms with van der Waals surface area (Å²) >= 11 is 0. The average molecular weight is 669 g/mol. The molecule has 254 valence electrons. The van der Waals surface area contributed by atoms with Crippen LogP contribution in [-0.4, -0.2) is 33.6 Å². The van der Waals surface area contributed by atoms with Gasteiger partial charge >= 0.3 is 18.0 Å². The molecule has 4 heterocycles. The molecule has 2 aliphatic heterocycles. The third-order valence-corrected chi connectivity index (χ3v) is 10.1. The number of esters is 2. The SMILES string of the molecule is CC[C@@]1(OC(=O)[C@@H](N)C(C)C)C(=O)OCc2c1cc1n(c2=O)Cc2c-1nc1cc(F)c(C)c3c1c2[C@@H](NC(=O)OCc1ccccc1)CC3. The van der Waals surface area contributed by atoms with Crippen LogP contribution >= 0.6 is 0 Å². The molecule has 4 aromatic rings. The van der Waals surface area contributed by atoms with E-state index in [1.54, 1.807) is 33.8 Å². The third kappa shape index (κ3) is 5.16. The summed E-state index contributed by atoms with van der Waals surface area (Å²) in [5, 5.41) is 3.75. The number of rotatable bonds is 7. The quantitative estimate of drug-likeness (QED) is 0.181. The molecule has 0 bridgehead atoms. The molecule has 3 aliphatic rings. The van der Waals surface area contributed by atoms with Gasteiger partial charge in [0.2, 0.25) is 5.60 Å². The van der Waals surface area contributed by atoms with Crippen molar-refractivity contribution in [2.75, 3.05) is 0 Å². The molecule has 11 nitrogen and oxygen atoms in total. The Balaban J connectivity index is 1.36. The number of pyridine rings is 2. The topological polar surface area (TPSA) is 152 Å². The number of halogens is 1. The summed E-state index contributed by atoms with van der Waals surface area (Å²) in [6.07, 6.45) is 0.355. The molecule has 1 amide bonds. The predicted octanol–water partition coefficient (Wildman–Crippen LogP) is 4.98. The number of carbonyl (C=O) groups is 3. The molecular formula is C37H37FN4O7. The first kappa shape index (κ1) is 32.4. The number of aryl methyl sites for hydroxylation is 1. The molecule has 0 saturated heterocycles. The second-order valence-electron chi connectivity index (χ2n) is 13.3. The van der Waals surface area contributed by atoms with Gasteiger partial charge in [0.15, 0.2) is 0 Å². The second kappa shape index (κ2) is 12.1. The minimum Gasteiger partial charge on any atom is -0.457 e. The Morgan fingerprint density at radius 2 is 1.92 bits per heavy atom. The van der Waals surface area contributed by atoms with Crippen molar-refractivity contribution in [3.8, 4) is 11.4 Å². The van der Waals surface area contributed by atoms with Gasteiger partial charge in [0.1, 0.15) is 25.1 Å². The molecule has 7 rings (SSSR count). The first-order chi connectivity index (χ1) is 23.4. The zero-order valence-corrected chi connectivity index (χ0v) is 27.7. The molecular weight excluding hydrogens is 631 g/mol. The van der Waals surface area contributed by atoms with Crippen LogP contribution in [0.2, 0.25) is 0 Å². The van der Waals surface area contributed by atoms with E-state index >= 15 is 4.39 Å². The van der Waals surface area contributed by atoms with E-state index < -0.39 is 47.1 Å². The highest BCUT2D eigenvalue weighted by atomic mass is 19.1. The molecule has 1 aliphatic carbocycles. The van der Waals surface area contributed by atoms with E-state index in [1.165, 1.54) is 10.6 Å². The maximum Gasteiger partial charge on any atom is 0.407 e. The van der Waals surface area contributed by atoms with E-state index in [4.69, 9.17) is 24.9 Å². The third-order valence-electron chi connectivity index (χ3n) is 10.1. The van der Waals surface area contributed by atoms with Crippen molar-refractivity contribution in [1.82, 2.24) is 14.9 Å². The lowest BCUT2D eigenvalue weighted by Crippen LogP contribution is -2.50. The summed E-state index contributed by atoms with van der Waals surface area (Å²) in [4.78, 5) is 58.8. The zero-order chi connectivity index (χ0) is 34.8. The Bertz CT molecular complexity index is 2110. The van der Waals surface area contributed by atoms with Crippen LogP contribution in [0.15, 0.2) is 47.3 Å². The van der Waals surface area contributed by atoms with Crippen LogP contribution in [0.1, 0.15) is 78.6 Å². The van der Waals surface area contributed by atoms with E-state index in [1.807, 2.05) is 30.3 Å². The van der Waals surface area contributed by atoms with Gasteiger partial charge in [0, 0.05) is 22.6 Å². The number of nitrogens with zero attached hydrogens (tertiary/aromatic N) is 2. The highest BCUT2D eigenvalue weighted by Gasteiger charge is 2.51. The molecule has 2 aromatic carbocycles. The maximum absolute atomic E-state index is 15.3. The first-order valence-corrected chi connectivity index (χ1v) is 16.5. The van der Waals surface area contributed by atoms with Crippen molar-refractivity contribution < 1.29 is 33.0 Å². The Hall–Kier alpha value is -5.10. The fourth-order valence-corrected chi connectivity index (χ4v) is 7.28. The predicted molar refractivity (Wildman–Crippen MR) is 177 cm³/mol. The number of cyclic esters (lactones) is 1. The molecule has 2 aromatic heterocycles. The summed E-state index contributed by atoms with van der Waals surface area (Å²) in [6, 6.07) is 10.8. The van der Waals surface area contributed by atoms with Gasteiger partial charge in [0.05, 0.1) is 35.1 Å². The van der Waals surface area contributed by atoms with Crippen molar-refractivity contribution in [2.45, 2.75) is 84.4 Å². The number of benzene rings is 2. The molecule has 3 N–H and O–H groups in total. The Kier molecular flexibility index (Phi) is 8.01. The molecule has 0 unspecified atom stereocenters. The fourth-order valence-electron chi connectivity index (χ4n) is 7.28. The number of aromatic nitrogens is 2. The van der Waals surface area contributed by atoms with Gasteiger partial charge in [-0.15, -0.1) is 0 Å². The van der Waals surface area contributed by atoms with Crippen molar-refractivity contribution in [3.63, 3.8) is 0 Å². The molecule has 12 heteroatoms. The van der Waals surface area contributed by atoms with Crippen molar-refractivity contribution in [1.29, 1.82) is 0 Å². The molecule has 0 fully saturated rings. The number of ether oxygens (including phenoxy) is 3. The highest BCUT2D eigenvalue weighted by molar-refractivity contribution is 5.94. The molecule has 0 saturated carbocycles. The van der Waals surface area contributed by atoms with Gasteiger partial charge in [0.25, 0.3) is 5.56 Å². The van der Waals surface area contributed by atoms with Crippen LogP contribution in [0.3, 0.4) is 0 Å². The van der Waals surface area contributed by atoms with E-state index in [0.717, 1.165) is 22.1 Å². The molecule has 0 spiro atoms. The summed E-state index contributed by atoms with van der Waals surface area (Å²) in [5.74, 6) is -2.26. The summed E-state index contributed by atoms with van der Waals surface area (Å²) in [7, 11) is 0. The summed E-state index contributed by atoms with van der Waals surface area (Å²) < 4.78 is 33.7. The minimum atomic E-state index is -1.90. The Morgan fingerprint density at radius 3 is 2.63 bits per heavy atom. The maximum atomic E-state index is 15.3. The largest absolute Gasteiger partial charge is 0.457 e. The van der Waals surface area contributed by atoms with Gasteiger partial charge < -0.3 is 29.8 Å². The smallest absolute Gasteiger partial charge is 0.407 e. The molecule has 0 radical (unpaired) electrons. The lowest BCUT2D eigenvalue weighted by Gasteiger charge is -2.36. The highest BCUT2D eigenvalue weighted by Crippen LogP contribution is 2.46. The molecule has 49 heavy (non-hydrogen) atoms. The van der Waals surface area contributed by atoms with Crippen molar-refractivity contribution in [2.24, 2.45) is 11.7 Å². The van der Waals surface area contributed by atoms with Gasteiger partial charge in [-0.3, -0.25) is 9.59 Å². The monoisotopic (exact) mass is 668 g/mol. The first-order valence-electron chi connectivity index (χ1n) is 16.5. The Morgan fingerprint density at radius 1 is 1.16 bits per heavy atom. The van der Waals surface area contributed by atoms with E-state index in [0.29, 0.717) is 40.9 Å². The molecule has 3 atom stereocenters. The lowest BCUT2D eigenvalue weighted by atomic mass is 9.81. The van der Waals surface area contributed by atoms with E-state index in [-0.39, 0.29) is 43.2 Å². The number of carbonyl (C=O) groups excluding carboxylic acids is 3. The zero-order valence-electron chi connectivity index (χ0n) is 27.7. The fraction of sp³-hybridized carbons (Fsp3) is 0.378. The number of alkyl carbamates (subject to hydrolysis) is 1. The van der Waals surface area contributed by atoms with Crippen molar-refractivity contribution >= 4 is 28.9 Å².